The molecule has 1 fully saturated rings. The Morgan fingerprint density at radius 1 is 1.44 bits per heavy atom. The van der Waals surface area contributed by atoms with Crippen molar-refractivity contribution in [2.24, 2.45) is 0 Å². The molecule has 2 atom stereocenters. The summed E-state index contributed by atoms with van der Waals surface area (Å²) in [5.74, 6) is -0.327. The van der Waals surface area contributed by atoms with Crippen molar-refractivity contribution in [1.29, 1.82) is 0 Å². The van der Waals surface area contributed by atoms with E-state index in [1.807, 2.05) is 0 Å². The van der Waals surface area contributed by atoms with Crippen LogP contribution in [0.3, 0.4) is 0 Å². The number of nitrogens with one attached hydrogen (secondary N) is 1. The van der Waals surface area contributed by atoms with Gasteiger partial charge in [-0.05, 0) is 19.0 Å². The molecule has 0 aliphatic carbocycles. The number of ether oxygens (including phenoxy) is 1. The molecule has 0 saturated carbocycles. The van der Waals surface area contributed by atoms with Crippen LogP contribution in [-0.2, 0) is 10.2 Å². The average Bonchev–Trinajstić information content (AvgIpc) is 2.32. The van der Waals surface area contributed by atoms with Gasteiger partial charge in [0.1, 0.15) is 11.2 Å². The molecular weight excluding hydrogens is 277 g/mol. The molecule has 0 aromatic heterocycles. The largest absolute Gasteiger partial charge is 0.481 e. The van der Waals surface area contributed by atoms with Crippen LogP contribution in [0, 0.1) is 0 Å². The van der Waals surface area contributed by atoms with Gasteiger partial charge in [-0.3, -0.25) is 10.1 Å². The number of hydrogen-bond acceptors (Lipinski definition) is 3. The summed E-state index contributed by atoms with van der Waals surface area (Å²) in [6.45, 7) is 0.608. The number of carbonyl (C=O) groups is 1. The van der Waals surface area contributed by atoms with E-state index in [0.29, 0.717) is 40.7 Å². The fourth-order valence-corrected chi connectivity index (χ4v) is 3.05. The van der Waals surface area contributed by atoms with Gasteiger partial charge in [0.05, 0.1) is 10.0 Å². The predicted molar refractivity (Wildman–Crippen MR) is 67.4 cm³/mol. The number of halogens is 2. The minimum Gasteiger partial charge on any atom is -0.481 e. The maximum atomic E-state index is 11.7. The van der Waals surface area contributed by atoms with Gasteiger partial charge in [0.25, 0.3) is 0 Å². The summed E-state index contributed by atoms with van der Waals surface area (Å²) < 4.78 is 5.70. The number of carboxylic acids is 1. The van der Waals surface area contributed by atoms with Crippen LogP contribution >= 0.6 is 23.2 Å². The third-order valence-electron chi connectivity index (χ3n) is 3.67. The highest BCUT2D eigenvalue weighted by molar-refractivity contribution is 6.42. The smallest absolute Gasteiger partial charge is 0.314 e. The van der Waals surface area contributed by atoms with Gasteiger partial charge >= 0.3 is 5.97 Å². The number of hydrogen-bond donors (Lipinski definition) is 2. The van der Waals surface area contributed by atoms with Crippen molar-refractivity contribution >= 4 is 29.2 Å². The molecule has 0 amide bonds. The Hall–Kier alpha value is -0.970. The molecule has 2 bridgehead atoms. The summed E-state index contributed by atoms with van der Waals surface area (Å²) in [6.07, 6.45) is 0.653. The Balaban J connectivity index is 2.22. The van der Waals surface area contributed by atoms with E-state index >= 15 is 0 Å². The van der Waals surface area contributed by atoms with Gasteiger partial charge in [0.2, 0.25) is 0 Å². The average molecular weight is 288 g/mol. The van der Waals surface area contributed by atoms with Crippen molar-refractivity contribution in [1.82, 2.24) is 5.32 Å². The van der Waals surface area contributed by atoms with E-state index in [1.54, 1.807) is 12.1 Å². The number of benzene rings is 1. The maximum absolute atomic E-state index is 11.7. The lowest BCUT2D eigenvalue weighted by Gasteiger charge is -2.43. The third kappa shape index (κ3) is 1.60. The lowest BCUT2D eigenvalue weighted by Crippen LogP contribution is -2.55. The fraction of sp³-hybridized carbons (Fsp3) is 0.417. The molecule has 2 unspecified atom stereocenters. The molecule has 18 heavy (non-hydrogen) atoms. The summed E-state index contributed by atoms with van der Waals surface area (Å²) in [5.41, 5.74) is -0.292. The second kappa shape index (κ2) is 4.02. The quantitative estimate of drug-likeness (QED) is 0.833. The van der Waals surface area contributed by atoms with Crippen LogP contribution < -0.4 is 10.1 Å². The van der Waals surface area contributed by atoms with Gasteiger partial charge in [0.15, 0.2) is 6.23 Å². The fourth-order valence-electron chi connectivity index (χ4n) is 2.73. The standard InChI is InChI=1S/C12H11Cl2NO3/c13-7-3-6-9(4-8(7)14)18-10-5-12(6,11(16)17)1-2-15-10/h3-4,10,15H,1-2,5H2,(H,16,17). The van der Waals surface area contributed by atoms with Crippen molar-refractivity contribution in [3.05, 3.63) is 27.7 Å². The topological polar surface area (TPSA) is 58.6 Å². The summed E-state index contributed by atoms with van der Waals surface area (Å²) in [6, 6.07) is 3.21. The van der Waals surface area contributed by atoms with Crippen molar-refractivity contribution in [3.63, 3.8) is 0 Å². The maximum Gasteiger partial charge on any atom is 0.314 e. The zero-order valence-corrected chi connectivity index (χ0v) is 10.9. The Bertz CT molecular complexity index is 534. The summed E-state index contributed by atoms with van der Waals surface area (Å²) >= 11 is 11.9. The minimum atomic E-state index is -0.919. The predicted octanol–water partition coefficient (Wildman–Crippen LogP) is 2.42. The summed E-state index contributed by atoms with van der Waals surface area (Å²) in [5, 5.41) is 13.5. The Morgan fingerprint density at radius 2 is 2.17 bits per heavy atom. The lowest BCUT2D eigenvalue weighted by molar-refractivity contribution is -0.148. The Morgan fingerprint density at radius 3 is 2.89 bits per heavy atom. The minimum absolute atomic E-state index is 0.278. The van der Waals surface area contributed by atoms with Crippen LogP contribution in [0.1, 0.15) is 18.4 Å². The van der Waals surface area contributed by atoms with Crippen molar-refractivity contribution < 1.29 is 14.6 Å². The molecule has 96 valence electrons. The number of carboxylic acid groups (broad SMARTS) is 1. The van der Waals surface area contributed by atoms with Crippen molar-refractivity contribution in [3.8, 4) is 5.75 Å². The lowest BCUT2D eigenvalue weighted by atomic mass is 9.71. The zero-order valence-electron chi connectivity index (χ0n) is 9.37. The first-order valence-electron chi connectivity index (χ1n) is 5.66. The molecule has 1 aromatic carbocycles. The summed E-state index contributed by atoms with van der Waals surface area (Å²) in [7, 11) is 0. The number of piperidine rings is 1. The highest BCUT2D eigenvalue weighted by Crippen LogP contribution is 2.47. The first kappa shape index (κ1) is 12.1. The van der Waals surface area contributed by atoms with Crippen molar-refractivity contribution in [2.45, 2.75) is 24.5 Å². The molecule has 2 N–H and O–H groups in total. The van der Waals surface area contributed by atoms with Gasteiger partial charge in [-0.2, -0.15) is 0 Å². The molecule has 4 nitrogen and oxygen atoms in total. The normalized spacial score (nSPS) is 29.3. The van der Waals surface area contributed by atoms with E-state index in [2.05, 4.69) is 5.32 Å². The van der Waals surface area contributed by atoms with Crippen LogP contribution in [0.4, 0.5) is 0 Å². The number of fused-ring (bicyclic) bond motifs is 4. The number of rotatable bonds is 1. The van der Waals surface area contributed by atoms with Gasteiger partial charge in [-0.15, -0.1) is 0 Å². The second-order valence-electron chi connectivity index (χ2n) is 4.66. The molecule has 6 heteroatoms. The van der Waals surface area contributed by atoms with Gasteiger partial charge in [-0.25, -0.2) is 0 Å². The van der Waals surface area contributed by atoms with Crippen molar-refractivity contribution in [2.75, 3.05) is 6.54 Å². The number of aliphatic carboxylic acids is 1. The van der Waals surface area contributed by atoms with Gasteiger partial charge in [-0.1, -0.05) is 23.2 Å². The summed E-state index contributed by atoms with van der Waals surface area (Å²) in [4.78, 5) is 11.7. The van der Waals surface area contributed by atoms with E-state index in [0.717, 1.165) is 0 Å². The highest BCUT2D eigenvalue weighted by Gasteiger charge is 2.50. The van der Waals surface area contributed by atoms with Crippen LogP contribution in [-0.4, -0.2) is 23.8 Å². The molecule has 2 aliphatic heterocycles. The van der Waals surface area contributed by atoms with E-state index in [-0.39, 0.29) is 6.23 Å². The Labute approximate surface area is 114 Å². The van der Waals surface area contributed by atoms with Crippen LogP contribution in [0.25, 0.3) is 0 Å². The van der Waals surface area contributed by atoms with Crippen LogP contribution in [0.5, 0.6) is 5.75 Å². The van der Waals surface area contributed by atoms with E-state index < -0.39 is 11.4 Å². The van der Waals surface area contributed by atoms with Gasteiger partial charge in [0, 0.05) is 18.1 Å². The highest BCUT2D eigenvalue weighted by atomic mass is 35.5. The van der Waals surface area contributed by atoms with E-state index in [9.17, 15) is 9.90 Å². The molecule has 3 rings (SSSR count). The third-order valence-corrected chi connectivity index (χ3v) is 4.40. The first-order chi connectivity index (χ1) is 8.53. The van der Waals surface area contributed by atoms with Gasteiger partial charge < -0.3 is 9.84 Å². The monoisotopic (exact) mass is 287 g/mol. The molecular formula is C12H11Cl2NO3. The second-order valence-corrected chi connectivity index (χ2v) is 5.48. The molecule has 1 aromatic rings. The Kier molecular flexibility index (Phi) is 2.70. The van der Waals surface area contributed by atoms with E-state index in [1.165, 1.54) is 0 Å². The molecule has 0 spiro atoms. The first-order valence-corrected chi connectivity index (χ1v) is 6.41. The van der Waals surface area contributed by atoms with E-state index in [4.69, 9.17) is 27.9 Å². The molecule has 2 aliphatic rings. The van der Waals surface area contributed by atoms with Crippen LogP contribution in [0.15, 0.2) is 12.1 Å². The molecule has 0 radical (unpaired) electrons. The molecule has 1 saturated heterocycles. The van der Waals surface area contributed by atoms with Crippen LogP contribution in [0.2, 0.25) is 10.0 Å². The SMILES string of the molecule is O=C(O)C12CCNC(C1)Oc1cc(Cl)c(Cl)cc12. The molecule has 2 heterocycles. The zero-order chi connectivity index (χ0) is 12.9.